The maximum atomic E-state index is 12.5. The van der Waals surface area contributed by atoms with Crippen LogP contribution < -0.4 is 10.6 Å². The zero-order chi connectivity index (χ0) is 18.3. The lowest BCUT2D eigenvalue weighted by atomic mass is 9.93. The van der Waals surface area contributed by atoms with Gasteiger partial charge in [-0.2, -0.15) is 4.31 Å². The fourth-order valence-corrected chi connectivity index (χ4v) is 5.97. The number of sulfonamides is 1. The molecule has 2 N–H and O–H groups in total. The highest BCUT2D eigenvalue weighted by atomic mass is 35.5. The van der Waals surface area contributed by atoms with Gasteiger partial charge in [0.2, 0.25) is 5.91 Å². The first-order chi connectivity index (χ1) is 12.0. The van der Waals surface area contributed by atoms with Gasteiger partial charge in [0, 0.05) is 24.4 Å². The molecule has 150 valence electrons. The molecule has 1 aliphatic heterocycles. The summed E-state index contributed by atoms with van der Waals surface area (Å²) < 4.78 is 26.7. The van der Waals surface area contributed by atoms with E-state index in [1.54, 1.807) is 12.1 Å². The molecule has 0 radical (unpaired) electrons. The summed E-state index contributed by atoms with van der Waals surface area (Å²) in [7, 11) is -3.41. The predicted molar refractivity (Wildman–Crippen MR) is 108 cm³/mol. The van der Waals surface area contributed by atoms with Crippen LogP contribution in [0.5, 0.6) is 0 Å². The minimum absolute atomic E-state index is 0. The van der Waals surface area contributed by atoms with Crippen molar-refractivity contribution in [3.63, 3.8) is 0 Å². The molecule has 1 aromatic heterocycles. The van der Waals surface area contributed by atoms with E-state index >= 15 is 0 Å². The molecule has 0 aromatic carbocycles. The predicted octanol–water partition coefficient (Wildman–Crippen LogP) is 2.60. The molecule has 0 atom stereocenters. The summed E-state index contributed by atoms with van der Waals surface area (Å²) in [6, 6.07) is 3.42. The number of hydrogen-bond acceptors (Lipinski definition) is 5. The Morgan fingerprint density at radius 3 is 2.54 bits per heavy atom. The highest BCUT2D eigenvalue weighted by Gasteiger charge is 2.23. The zero-order valence-corrected chi connectivity index (χ0v) is 17.9. The van der Waals surface area contributed by atoms with E-state index in [1.807, 2.05) is 13.8 Å². The van der Waals surface area contributed by atoms with E-state index in [4.69, 9.17) is 0 Å². The van der Waals surface area contributed by atoms with Crippen LogP contribution in [0, 0.1) is 5.92 Å². The monoisotopic (exact) mass is 423 g/mol. The van der Waals surface area contributed by atoms with Crippen molar-refractivity contribution in [2.45, 2.75) is 50.3 Å². The van der Waals surface area contributed by atoms with Gasteiger partial charge >= 0.3 is 0 Å². The Labute approximate surface area is 167 Å². The minimum Gasteiger partial charge on any atom is -0.351 e. The average Bonchev–Trinajstić information content (AvgIpc) is 3.10. The molecule has 2 rings (SSSR count). The van der Waals surface area contributed by atoms with Crippen LogP contribution >= 0.6 is 23.7 Å². The number of carbonyl (C=O) groups excluding carboxylic acids is 1. The molecule has 1 aromatic rings. The number of piperidine rings is 1. The first-order valence-corrected chi connectivity index (χ1v) is 11.3. The molecule has 0 unspecified atom stereocenters. The summed E-state index contributed by atoms with van der Waals surface area (Å²) in [6.07, 6.45) is 3.76. The van der Waals surface area contributed by atoms with Gasteiger partial charge in [0.15, 0.2) is 0 Å². The lowest BCUT2D eigenvalue weighted by molar-refractivity contribution is -0.121. The second kappa shape index (κ2) is 11.2. The van der Waals surface area contributed by atoms with Gasteiger partial charge in [0.05, 0.1) is 6.54 Å². The Morgan fingerprint density at radius 2 is 1.92 bits per heavy atom. The standard InChI is InChI=1S/C17H29N3O3S2.ClH/c1-3-20(4-2)25(22,23)17-8-6-15(24-17)13-19-16(21)7-5-14-9-11-18-12-10-14;/h6,8,14,18H,3-5,7,9-13H2,1-2H3,(H,19,21);1H. The Balaban J connectivity index is 0.00000338. The van der Waals surface area contributed by atoms with Gasteiger partial charge in [0.1, 0.15) is 4.21 Å². The van der Waals surface area contributed by atoms with Crippen molar-refractivity contribution in [1.29, 1.82) is 0 Å². The van der Waals surface area contributed by atoms with E-state index in [1.165, 1.54) is 15.6 Å². The second-order valence-corrected chi connectivity index (χ2v) is 9.65. The number of thiophene rings is 1. The number of rotatable bonds is 9. The lowest BCUT2D eigenvalue weighted by Crippen LogP contribution is -2.30. The number of halogens is 1. The maximum absolute atomic E-state index is 12.5. The molecule has 2 heterocycles. The van der Waals surface area contributed by atoms with Crippen LogP contribution in [0.1, 0.15) is 44.4 Å². The van der Waals surface area contributed by atoms with E-state index in [9.17, 15) is 13.2 Å². The van der Waals surface area contributed by atoms with Gasteiger partial charge in [-0.25, -0.2) is 8.42 Å². The highest BCUT2D eigenvalue weighted by Crippen LogP contribution is 2.25. The van der Waals surface area contributed by atoms with E-state index in [2.05, 4.69) is 10.6 Å². The van der Waals surface area contributed by atoms with Gasteiger partial charge < -0.3 is 10.6 Å². The van der Waals surface area contributed by atoms with Crippen molar-refractivity contribution in [2.24, 2.45) is 5.92 Å². The molecular formula is C17H30ClN3O3S2. The van der Waals surface area contributed by atoms with Crippen molar-refractivity contribution >= 4 is 39.7 Å². The third-order valence-corrected chi connectivity index (χ3v) is 8.24. The fraction of sp³-hybridized carbons (Fsp3) is 0.706. The number of hydrogen-bond donors (Lipinski definition) is 2. The Hall–Kier alpha value is -0.670. The van der Waals surface area contributed by atoms with Crippen LogP contribution in [0.15, 0.2) is 16.3 Å². The van der Waals surface area contributed by atoms with E-state index in [0.717, 1.165) is 37.2 Å². The van der Waals surface area contributed by atoms with Gasteiger partial charge in [-0.05, 0) is 50.4 Å². The number of amides is 1. The fourth-order valence-electron chi connectivity index (χ4n) is 3.06. The Morgan fingerprint density at radius 1 is 1.27 bits per heavy atom. The molecule has 0 aliphatic carbocycles. The molecule has 9 heteroatoms. The summed E-state index contributed by atoms with van der Waals surface area (Å²) in [5.41, 5.74) is 0. The first-order valence-electron chi connectivity index (χ1n) is 9.03. The normalized spacial score (nSPS) is 15.7. The Kier molecular flexibility index (Phi) is 10.1. The van der Waals surface area contributed by atoms with Crippen molar-refractivity contribution in [1.82, 2.24) is 14.9 Å². The SMILES string of the molecule is CCN(CC)S(=O)(=O)c1ccc(CNC(=O)CCC2CCNCC2)s1.Cl. The third kappa shape index (κ3) is 6.49. The average molecular weight is 424 g/mol. The number of nitrogens with zero attached hydrogens (tertiary/aromatic N) is 1. The van der Waals surface area contributed by atoms with Gasteiger partial charge in [0.25, 0.3) is 10.0 Å². The third-order valence-electron chi connectivity index (χ3n) is 4.63. The second-order valence-electron chi connectivity index (χ2n) is 6.32. The topological polar surface area (TPSA) is 78.5 Å². The van der Waals surface area contributed by atoms with E-state index in [0.29, 0.717) is 36.2 Å². The van der Waals surface area contributed by atoms with Crippen LogP contribution in [0.3, 0.4) is 0 Å². The zero-order valence-electron chi connectivity index (χ0n) is 15.5. The van der Waals surface area contributed by atoms with Gasteiger partial charge in [-0.15, -0.1) is 23.7 Å². The van der Waals surface area contributed by atoms with Gasteiger partial charge in [-0.3, -0.25) is 4.79 Å². The molecule has 0 bridgehead atoms. The molecule has 26 heavy (non-hydrogen) atoms. The van der Waals surface area contributed by atoms with Crippen LogP contribution in [-0.2, 0) is 21.4 Å². The van der Waals surface area contributed by atoms with E-state index < -0.39 is 10.0 Å². The molecule has 1 saturated heterocycles. The van der Waals surface area contributed by atoms with Gasteiger partial charge in [-0.1, -0.05) is 13.8 Å². The van der Waals surface area contributed by atoms with Crippen molar-refractivity contribution < 1.29 is 13.2 Å². The quantitative estimate of drug-likeness (QED) is 0.639. The molecule has 1 fully saturated rings. The van der Waals surface area contributed by atoms with Crippen LogP contribution in [-0.4, -0.2) is 44.8 Å². The molecule has 1 amide bonds. The van der Waals surface area contributed by atoms with Crippen molar-refractivity contribution in [3.8, 4) is 0 Å². The molecular weight excluding hydrogens is 394 g/mol. The first kappa shape index (κ1) is 23.4. The highest BCUT2D eigenvalue weighted by molar-refractivity contribution is 7.91. The summed E-state index contributed by atoms with van der Waals surface area (Å²) in [4.78, 5) is 12.9. The summed E-state index contributed by atoms with van der Waals surface area (Å²) in [6.45, 7) is 7.06. The number of nitrogens with one attached hydrogen (secondary N) is 2. The summed E-state index contributed by atoms with van der Waals surface area (Å²) >= 11 is 1.23. The largest absolute Gasteiger partial charge is 0.351 e. The summed E-state index contributed by atoms with van der Waals surface area (Å²) in [5.74, 6) is 0.680. The number of carbonyl (C=O) groups is 1. The molecule has 0 spiro atoms. The molecule has 0 saturated carbocycles. The Bertz CT molecular complexity index is 654. The molecule has 6 nitrogen and oxygen atoms in total. The van der Waals surface area contributed by atoms with E-state index in [-0.39, 0.29) is 18.3 Å². The smallest absolute Gasteiger partial charge is 0.252 e. The van der Waals surface area contributed by atoms with Crippen LogP contribution in [0.2, 0.25) is 0 Å². The minimum atomic E-state index is -3.41. The van der Waals surface area contributed by atoms with Crippen LogP contribution in [0.25, 0.3) is 0 Å². The molecule has 1 aliphatic rings. The van der Waals surface area contributed by atoms with Crippen molar-refractivity contribution in [3.05, 3.63) is 17.0 Å². The lowest BCUT2D eigenvalue weighted by Gasteiger charge is -2.22. The van der Waals surface area contributed by atoms with Crippen LogP contribution in [0.4, 0.5) is 0 Å². The maximum Gasteiger partial charge on any atom is 0.252 e. The summed E-state index contributed by atoms with van der Waals surface area (Å²) in [5, 5.41) is 6.24. The van der Waals surface area contributed by atoms with Crippen molar-refractivity contribution in [2.75, 3.05) is 26.2 Å².